The number of halogens is 6. The highest BCUT2D eigenvalue weighted by Gasteiger charge is 2.72. The third-order valence-electron chi connectivity index (χ3n) is 3.63. The summed E-state index contributed by atoms with van der Waals surface area (Å²) >= 11 is 0. The average molecular weight is 328 g/mol. The molecule has 0 aliphatic carbocycles. The van der Waals surface area contributed by atoms with E-state index in [9.17, 15) is 31.1 Å². The van der Waals surface area contributed by atoms with Crippen LogP contribution in [-0.2, 0) is 0 Å². The van der Waals surface area contributed by atoms with E-state index in [1.165, 1.54) is 12.1 Å². The third-order valence-corrected chi connectivity index (χ3v) is 3.63. The Morgan fingerprint density at radius 1 is 1.18 bits per heavy atom. The molecule has 1 saturated heterocycles. The first-order chi connectivity index (χ1) is 9.98. The fraction of sp³-hybridized carbons (Fsp3) is 0.500. The number of alkyl halides is 6. The van der Waals surface area contributed by atoms with Gasteiger partial charge in [0.2, 0.25) is 0 Å². The number of aromatic nitrogens is 1. The van der Waals surface area contributed by atoms with Crippen molar-refractivity contribution in [3.8, 4) is 0 Å². The lowest BCUT2D eigenvalue weighted by Crippen LogP contribution is -2.51. The van der Waals surface area contributed by atoms with Crippen molar-refractivity contribution in [2.24, 2.45) is 5.41 Å². The number of hydrogen-bond donors (Lipinski definition) is 1. The Morgan fingerprint density at radius 3 is 2.23 bits per heavy atom. The van der Waals surface area contributed by atoms with Gasteiger partial charge < -0.3 is 10.0 Å². The van der Waals surface area contributed by atoms with Crippen molar-refractivity contribution >= 4 is 11.8 Å². The van der Waals surface area contributed by atoms with E-state index in [2.05, 4.69) is 4.98 Å². The van der Waals surface area contributed by atoms with E-state index in [-0.39, 0.29) is 5.82 Å². The molecule has 2 rings (SSSR count). The number of rotatable bonds is 2. The van der Waals surface area contributed by atoms with E-state index in [1.54, 1.807) is 0 Å². The summed E-state index contributed by atoms with van der Waals surface area (Å²) in [6.07, 6.45) is -12.1. The smallest absolute Gasteiger partial charge is 0.404 e. The van der Waals surface area contributed by atoms with Gasteiger partial charge >= 0.3 is 18.3 Å². The predicted molar refractivity (Wildman–Crippen MR) is 62.6 cm³/mol. The zero-order chi connectivity index (χ0) is 16.8. The molecule has 0 amide bonds. The molecule has 0 atom stereocenters. The molecule has 4 nitrogen and oxygen atoms in total. The van der Waals surface area contributed by atoms with Crippen LogP contribution in [-0.4, -0.2) is 41.5 Å². The predicted octanol–water partition coefficient (Wildman–Crippen LogP) is 3.10. The van der Waals surface area contributed by atoms with Crippen molar-refractivity contribution in [1.82, 2.24) is 4.98 Å². The molecule has 122 valence electrons. The van der Waals surface area contributed by atoms with E-state index in [0.717, 1.165) is 11.0 Å². The molecular weight excluding hydrogens is 318 g/mol. The van der Waals surface area contributed by atoms with Gasteiger partial charge in [0.1, 0.15) is 5.82 Å². The Morgan fingerprint density at radius 2 is 1.77 bits per heavy atom. The average Bonchev–Trinajstić information content (AvgIpc) is 2.84. The molecule has 22 heavy (non-hydrogen) atoms. The molecule has 1 aliphatic heterocycles. The Hall–Kier alpha value is -2.00. The van der Waals surface area contributed by atoms with Gasteiger partial charge in [0.25, 0.3) is 0 Å². The van der Waals surface area contributed by atoms with E-state index >= 15 is 0 Å². The van der Waals surface area contributed by atoms with Crippen molar-refractivity contribution in [3.63, 3.8) is 0 Å². The maximum atomic E-state index is 12.9. The van der Waals surface area contributed by atoms with Gasteiger partial charge in [-0.1, -0.05) is 6.07 Å². The Bertz CT molecular complexity index is 570. The summed E-state index contributed by atoms with van der Waals surface area (Å²) < 4.78 is 77.7. The highest BCUT2D eigenvalue weighted by molar-refractivity contribution is 5.85. The molecule has 2 heterocycles. The Balaban J connectivity index is 2.35. The minimum atomic E-state index is -5.45. The molecule has 0 bridgehead atoms. The number of nitrogens with zero attached hydrogens (tertiary/aromatic N) is 2. The van der Waals surface area contributed by atoms with Gasteiger partial charge in [-0.2, -0.15) is 26.3 Å². The summed E-state index contributed by atoms with van der Waals surface area (Å²) in [7, 11) is 0. The number of carboxylic acids is 1. The van der Waals surface area contributed by atoms with Crippen molar-refractivity contribution < 1.29 is 36.2 Å². The Kier molecular flexibility index (Phi) is 3.74. The van der Waals surface area contributed by atoms with Crippen LogP contribution < -0.4 is 4.90 Å². The van der Waals surface area contributed by atoms with Crippen LogP contribution in [0, 0.1) is 5.41 Å². The summed E-state index contributed by atoms with van der Waals surface area (Å²) in [5.74, 6) is -1.64. The number of pyridine rings is 1. The number of anilines is 1. The normalized spacial score (nSPS) is 18.5. The fourth-order valence-electron chi connectivity index (χ4n) is 2.35. The lowest BCUT2D eigenvalue weighted by atomic mass is 9.85. The quantitative estimate of drug-likeness (QED) is 0.848. The van der Waals surface area contributed by atoms with Crippen LogP contribution in [0.2, 0.25) is 0 Å². The minimum absolute atomic E-state index is 0.227. The monoisotopic (exact) mass is 328 g/mol. The van der Waals surface area contributed by atoms with Crippen LogP contribution >= 0.6 is 0 Å². The number of hydrogen-bond acceptors (Lipinski definition) is 3. The molecule has 1 aromatic rings. The van der Waals surface area contributed by atoms with Crippen molar-refractivity contribution in [2.45, 2.75) is 18.8 Å². The largest absolute Gasteiger partial charge is 0.477 e. The molecule has 0 saturated carbocycles. The highest BCUT2D eigenvalue weighted by Crippen LogP contribution is 2.55. The van der Waals surface area contributed by atoms with Gasteiger partial charge in [0, 0.05) is 13.1 Å². The van der Waals surface area contributed by atoms with Crippen LogP contribution in [0.3, 0.4) is 0 Å². The molecule has 1 fully saturated rings. The summed E-state index contributed by atoms with van der Waals surface area (Å²) in [6, 6.07) is 3.49. The Labute approximate surface area is 120 Å². The second-order valence-electron chi connectivity index (χ2n) is 4.94. The van der Waals surface area contributed by atoms with E-state index < -0.39 is 48.9 Å². The van der Waals surface area contributed by atoms with E-state index in [4.69, 9.17) is 5.11 Å². The molecule has 10 heteroatoms. The van der Waals surface area contributed by atoms with Gasteiger partial charge in [0.05, 0.1) is 0 Å². The van der Waals surface area contributed by atoms with Crippen LogP contribution in [0.25, 0.3) is 0 Å². The van der Waals surface area contributed by atoms with Crippen molar-refractivity contribution in [1.29, 1.82) is 0 Å². The fourth-order valence-corrected chi connectivity index (χ4v) is 2.35. The van der Waals surface area contributed by atoms with Crippen molar-refractivity contribution in [2.75, 3.05) is 18.0 Å². The molecular formula is C12H10F6N2O2. The number of carbonyl (C=O) groups is 1. The second-order valence-corrected chi connectivity index (χ2v) is 4.94. The summed E-state index contributed by atoms with van der Waals surface area (Å²) in [6.45, 7) is -1.86. The van der Waals surface area contributed by atoms with E-state index in [1.807, 2.05) is 0 Å². The van der Waals surface area contributed by atoms with Gasteiger partial charge in [-0.3, -0.25) is 0 Å². The maximum Gasteiger partial charge on any atom is 0.404 e. The van der Waals surface area contributed by atoms with Crippen LogP contribution in [0.4, 0.5) is 32.2 Å². The number of carboxylic acid groups (broad SMARTS) is 1. The lowest BCUT2D eigenvalue weighted by Gasteiger charge is -2.33. The first kappa shape index (κ1) is 16.4. The van der Waals surface area contributed by atoms with Crippen LogP contribution in [0.1, 0.15) is 16.9 Å². The molecule has 0 aromatic carbocycles. The standard InChI is InChI=1S/C12H10F6N2O2/c13-11(14,15)10(12(16,17)18)4-5-20(6-10)8-3-1-2-7(19-8)9(21)22/h1-3H,4-6H2,(H,21,22). The SMILES string of the molecule is O=C(O)c1cccc(N2CCC(C(F)(F)F)(C(F)(F)F)C2)n1. The van der Waals surface area contributed by atoms with Gasteiger partial charge in [0.15, 0.2) is 11.1 Å². The first-order valence-electron chi connectivity index (χ1n) is 6.07. The zero-order valence-corrected chi connectivity index (χ0v) is 10.9. The van der Waals surface area contributed by atoms with Gasteiger partial charge in [-0.25, -0.2) is 9.78 Å². The highest BCUT2D eigenvalue weighted by atomic mass is 19.4. The van der Waals surface area contributed by atoms with Crippen molar-refractivity contribution in [3.05, 3.63) is 23.9 Å². The second kappa shape index (κ2) is 5.03. The van der Waals surface area contributed by atoms with E-state index in [0.29, 0.717) is 0 Å². The summed E-state index contributed by atoms with van der Waals surface area (Å²) in [5.41, 5.74) is -4.28. The lowest BCUT2D eigenvalue weighted by molar-refractivity contribution is -0.332. The van der Waals surface area contributed by atoms with Crippen LogP contribution in [0.5, 0.6) is 0 Å². The van der Waals surface area contributed by atoms with Gasteiger partial charge in [-0.05, 0) is 18.6 Å². The number of aromatic carboxylic acids is 1. The molecule has 1 aliphatic rings. The summed E-state index contributed by atoms with van der Waals surface area (Å²) in [4.78, 5) is 15.1. The first-order valence-corrected chi connectivity index (χ1v) is 6.07. The van der Waals surface area contributed by atoms with Crippen LogP contribution in [0.15, 0.2) is 18.2 Å². The molecule has 1 aromatic heterocycles. The third kappa shape index (κ3) is 2.57. The zero-order valence-electron chi connectivity index (χ0n) is 10.9. The summed E-state index contributed by atoms with van der Waals surface area (Å²) in [5, 5.41) is 8.77. The molecule has 0 spiro atoms. The maximum absolute atomic E-state index is 12.9. The minimum Gasteiger partial charge on any atom is -0.477 e. The molecule has 1 N–H and O–H groups in total. The topological polar surface area (TPSA) is 53.4 Å². The molecule has 0 radical (unpaired) electrons. The van der Waals surface area contributed by atoms with Gasteiger partial charge in [-0.15, -0.1) is 0 Å². The molecule has 0 unspecified atom stereocenters.